The summed E-state index contributed by atoms with van der Waals surface area (Å²) in [5, 5.41) is 17.8. The Morgan fingerprint density at radius 2 is 2.12 bits per heavy atom. The van der Waals surface area contributed by atoms with Crippen LogP contribution in [0.5, 0.6) is 0 Å². The van der Waals surface area contributed by atoms with Crippen molar-refractivity contribution < 1.29 is 14.7 Å². The van der Waals surface area contributed by atoms with E-state index in [1.54, 1.807) is 23.0 Å². The largest absolute Gasteiger partial charge is 0.481 e. The average molecular weight is 393 g/mol. The first-order valence-corrected chi connectivity index (χ1v) is 10.4. The summed E-state index contributed by atoms with van der Waals surface area (Å²) in [5.41, 5.74) is 2.10. The molecule has 3 rings (SSSR count). The van der Waals surface area contributed by atoms with Crippen molar-refractivity contribution >= 4 is 35.4 Å². The van der Waals surface area contributed by atoms with Crippen molar-refractivity contribution in [3.63, 3.8) is 0 Å². The second kappa shape index (κ2) is 8.59. The van der Waals surface area contributed by atoms with Crippen molar-refractivity contribution in [1.29, 1.82) is 0 Å². The number of carboxylic acids is 1. The number of carbonyl (C=O) groups excluding carboxylic acids is 1. The standard InChI is InChI=1S/C17H20N4O3S2/c1-12-2-4-13(5-3-12)21-11-18-19-17(21)26-10-15(22)20-6-7-25-9-14(20)8-16(23)24/h2-5,11,14H,6-10H2,1H3,(H,23,24). The molecular weight excluding hydrogens is 372 g/mol. The minimum absolute atomic E-state index is 0.0110. The Balaban J connectivity index is 1.65. The van der Waals surface area contributed by atoms with Crippen molar-refractivity contribution in [2.75, 3.05) is 23.8 Å². The van der Waals surface area contributed by atoms with Crippen molar-refractivity contribution in [2.45, 2.75) is 24.5 Å². The van der Waals surface area contributed by atoms with Gasteiger partial charge in [-0.05, 0) is 19.1 Å². The van der Waals surface area contributed by atoms with Gasteiger partial charge >= 0.3 is 5.97 Å². The number of carboxylic acid groups (broad SMARTS) is 1. The van der Waals surface area contributed by atoms with E-state index >= 15 is 0 Å². The van der Waals surface area contributed by atoms with Gasteiger partial charge in [-0.3, -0.25) is 14.2 Å². The van der Waals surface area contributed by atoms with E-state index in [0.717, 1.165) is 11.4 Å². The van der Waals surface area contributed by atoms with E-state index in [2.05, 4.69) is 10.2 Å². The molecule has 1 aliphatic heterocycles. The highest BCUT2D eigenvalue weighted by molar-refractivity contribution is 8.00. The average Bonchev–Trinajstić information content (AvgIpc) is 3.09. The van der Waals surface area contributed by atoms with Gasteiger partial charge in [0.1, 0.15) is 6.33 Å². The highest BCUT2D eigenvalue weighted by atomic mass is 32.2. The van der Waals surface area contributed by atoms with Crippen LogP contribution < -0.4 is 0 Å². The molecule has 1 fully saturated rings. The maximum absolute atomic E-state index is 12.6. The van der Waals surface area contributed by atoms with E-state index < -0.39 is 5.97 Å². The van der Waals surface area contributed by atoms with Gasteiger partial charge in [0, 0.05) is 23.7 Å². The molecule has 1 atom stereocenters. The van der Waals surface area contributed by atoms with E-state index in [-0.39, 0.29) is 24.1 Å². The molecule has 0 bridgehead atoms. The van der Waals surface area contributed by atoms with Crippen LogP contribution in [0.3, 0.4) is 0 Å². The highest BCUT2D eigenvalue weighted by Gasteiger charge is 2.29. The summed E-state index contributed by atoms with van der Waals surface area (Å²) in [4.78, 5) is 25.4. The van der Waals surface area contributed by atoms with E-state index in [1.807, 2.05) is 35.8 Å². The van der Waals surface area contributed by atoms with Gasteiger partial charge in [-0.15, -0.1) is 10.2 Å². The maximum Gasteiger partial charge on any atom is 0.305 e. The molecule has 0 saturated carbocycles. The van der Waals surface area contributed by atoms with Crippen molar-refractivity contribution in [2.24, 2.45) is 0 Å². The van der Waals surface area contributed by atoms with Crippen LogP contribution in [-0.4, -0.2) is 66.5 Å². The monoisotopic (exact) mass is 392 g/mol. The molecule has 1 aromatic heterocycles. The molecule has 1 aromatic carbocycles. The van der Waals surface area contributed by atoms with Crippen LogP contribution in [0, 0.1) is 6.92 Å². The third-order valence-corrected chi connectivity index (χ3v) is 6.13. The van der Waals surface area contributed by atoms with E-state index in [4.69, 9.17) is 5.11 Å². The zero-order valence-corrected chi connectivity index (χ0v) is 16.0. The van der Waals surface area contributed by atoms with Crippen LogP contribution in [0.2, 0.25) is 0 Å². The summed E-state index contributed by atoms with van der Waals surface area (Å²) in [6.07, 6.45) is 1.62. The highest BCUT2D eigenvalue weighted by Crippen LogP contribution is 2.23. The molecule has 26 heavy (non-hydrogen) atoms. The van der Waals surface area contributed by atoms with Gasteiger partial charge in [0.2, 0.25) is 5.91 Å². The van der Waals surface area contributed by atoms with Crippen LogP contribution in [0.4, 0.5) is 0 Å². The number of aliphatic carboxylic acids is 1. The van der Waals surface area contributed by atoms with Gasteiger partial charge in [0.25, 0.3) is 0 Å². The summed E-state index contributed by atoms with van der Waals surface area (Å²) >= 11 is 3.01. The van der Waals surface area contributed by atoms with Crippen molar-refractivity contribution in [1.82, 2.24) is 19.7 Å². The maximum atomic E-state index is 12.6. The molecule has 1 unspecified atom stereocenters. The Labute approximate surface area is 160 Å². The molecule has 2 heterocycles. The smallest absolute Gasteiger partial charge is 0.305 e. The summed E-state index contributed by atoms with van der Waals surface area (Å²) in [6, 6.07) is 7.74. The third-order valence-electron chi connectivity index (χ3n) is 4.11. The lowest BCUT2D eigenvalue weighted by atomic mass is 10.2. The summed E-state index contributed by atoms with van der Waals surface area (Å²) in [5.74, 6) is 0.793. The fourth-order valence-corrected chi connectivity index (χ4v) is 4.65. The zero-order valence-electron chi connectivity index (χ0n) is 14.4. The number of hydrogen-bond acceptors (Lipinski definition) is 6. The summed E-state index contributed by atoms with van der Waals surface area (Å²) in [6.45, 7) is 2.61. The first-order valence-electron chi connectivity index (χ1n) is 8.23. The number of rotatable bonds is 6. The SMILES string of the molecule is Cc1ccc(-n2cnnc2SCC(=O)N2CCSCC2CC(=O)O)cc1. The van der Waals surface area contributed by atoms with Gasteiger partial charge in [0.05, 0.1) is 18.2 Å². The van der Waals surface area contributed by atoms with Crippen LogP contribution in [0.25, 0.3) is 5.69 Å². The lowest BCUT2D eigenvalue weighted by molar-refractivity contribution is -0.139. The van der Waals surface area contributed by atoms with Crippen LogP contribution in [-0.2, 0) is 9.59 Å². The van der Waals surface area contributed by atoms with Gasteiger partial charge in [0.15, 0.2) is 5.16 Å². The quantitative estimate of drug-likeness (QED) is 0.753. The number of nitrogens with zero attached hydrogens (tertiary/aromatic N) is 4. The van der Waals surface area contributed by atoms with Crippen LogP contribution >= 0.6 is 23.5 Å². The molecular formula is C17H20N4O3S2. The normalized spacial score (nSPS) is 17.3. The molecule has 1 amide bonds. The predicted molar refractivity (Wildman–Crippen MR) is 102 cm³/mol. The number of amides is 1. The lowest BCUT2D eigenvalue weighted by Crippen LogP contribution is -2.47. The van der Waals surface area contributed by atoms with E-state index in [0.29, 0.717) is 17.5 Å². The minimum Gasteiger partial charge on any atom is -0.481 e. The summed E-state index contributed by atoms with van der Waals surface area (Å²) < 4.78 is 1.85. The first kappa shape index (κ1) is 18.8. The molecule has 138 valence electrons. The van der Waals surface area contributed by atoms with Gasteiger partial charge in [-0.2, -0.15) is 11.8 Å². The number of hydrogen-bond donors (Lipinski definition) is 1. The lowest BCUT2D eigenvalue weighted by Gasteiger charge is -2.34. The van der Waals surface area contributed by atoms with Gasteiger partial charge < -0.3 is 10.0 Å². The zero-order chi connectivity index (χ0) is 18.5. The van der Waals surface area contributed by atoms with Gasteiger partial charge in [-0.1, -0.05) is 29.5 Å². The van der Waals surface area contributed by atoms with E-state index in [1.165, 1.54) is 17.3 Å². The van der Waals surface area contributed by atoms with Crippen molar-refractivity contribution in [3.05, 3.63) is 36.2 Å². The molecule has 1 saturated heterocycles. The fraction of sp³-hybridized carbons (Fsp3) is 0.412. The Bertz CT molecular complexity index is 779. The first-order chi connectivity index (χ1) is 12.5. The molecule has 0 radical (unpaired) electrons. The molecule has 1 aliphatic rings. The molecule has 9 heteroatoms. The van der Waals surface area contributed by atoms with Crippen LogP contribution in [0.1, 0.15) is 12.0 Å². The predicted octanol–water partition coefficient (Wildman–Crippen LogP) is 2.09. The topological polar surface area (TPSA) is 88.3 Å². The minimum atomic E-state index is -0.873. The fourth-order valence-electron chi connectivity index (χ4n) is 2.77. The number of benzene rings is 1. The Morgan fingerprint density at radius 3 is 2.85 bits per heavy atom. The van der Waals surface area contributed by atoms with Crippen molar-refractivity contribution in [3.8, 4) is 5.69 Å². The van der Waals surface area contributed by atoms with E-state index in [9.17, 15) is 9.59 Å². The summed E-state index contributed by atoms with van der Waals surface area (Å²) in [7, 11) is 0. The molecule has 0 aliphatic carbocycles. The molecule has 0 spiro atoms. The number of carbonyl (C=O) groups is 2. The Hall–Kier alpha value is -2.00. The third kappa shape index (κ3) is 4.59. The number of aromatic nitrogens is 3. The molecule has 2 aromatic rings. The second-order valence-electron chi connectivity index (χ2n) is 6.02. The van der Waals surface area contributed by atoms with Crippen LogP contribution in [0.15, 0.2) is 35.7 Å². The Morgan fingerprint density at radius 1 is 1.35 bits per heavy atom. The molecule has 1 N–H and O–H groups in total. The number of aryl methyl sites for hydroxylation is 1. The second-order valence-corrected chi connectivity index (χ2v) is 8.11. The Kier molecular flexibility index (Phi) is 6.20. The molecule has 7 nitrogen and oxygen atoms in total. The number of thioether (sulfide) groups is 2. The van der Waals surface area contributed by atoms with Gasteiger partial charge in [-0.25, -0.2) is 0 Å².